The van der Waals surface area contributed by atoms with E-state index in [-0.39, 0.29) is 6.61 Å². The first kappa shape index (κ1) is 14.2. The van der Waals surface area contributed by atoms with Crippen LogP contribution in [0.2, 0.25) is 10.0 Å². The number of halogens is 2. The van der Waals surface area contributed by atoms with Crippen LogP contribution in [0.5, 0.6) is 5.75 Å². The summed E-state index contributed by atoms with van der Waals surface area (Å²) < 4.78 is 10.3. The maximum atomic E-state index is 11.5. The van der Waals surface area contributed by atoms with Gasteiger partial charge >= 0.3 is 5.97 Å². The van der Waals surface area contributed by atoms with E-state index in [0.29, 0.717) is 26.2 Å². The Kier molecular flexibility index (Phi) is 4.69. The molecule has 6 heteroatoms. The van der Waals surface area contributed by atoms with Gasteiger partial charge in [-0.25, -0.2) is 4.79 Å². The number of benzene rings is 1. The summed E-state index contributed by atoms with van der Waals surface area (Å²) in [6.45, 7) is 0.194. The van der Waals surface area contributed by atoms with Crippen molar-refractivity contribution in [1.29, 1.82) is 0 Å². The van der Waals surface area contributed by atoms with Gasteiger partial charge in [-0.1, -0.05) is 29.3 Å². The van der Waals surface area contributed by atoms with Gasteiger partial charge in [-0.3, -0.25) is 0 Å². The van der Waals surface area contributed by atoms with Crippen LogP contribution in [-0.2, 0) is 11.3 Å². The first-order valence-corrected chi connectivity index (χ1v) is 6.98. The maximum absolute atomic E-state index is 11.5. The van der Waals surface area contributed by atoms with Gasteiger partial charge in [0, 0.05) is 15.6 Å². The van der Waals surface area contributed by atoms with Crippen molar-refractivity contribution in [3.8, 4) is 5.75 Å². The number of hydrogen-bond acceptors (Lipinski definition) is 4. The maximum Gasteiger partial charge on any atom is 0.351 e. The number of methoxy groups -OCH3 is 1. The third kappa shape index (κ3) is 3.21. The fourth-order valence-corrected chi connectivity index (χ4v) is 2.73. The molecule has 0 aliphatic rings. The summed E-state index contributed by atoms with van der Waals surface area (Å²) in [4.78, 5) is 11.9. The summed E-state index contributed by atoms with van der Waals surface area (Å²) in [5.74, 6) is 0.0445. The topological polar surface area (TPSA) is 35.5 Å². The van der Waals surface area contributed by atoms with E-state index in [9.17, 15) is 4.79 Å². The predicted octanol–water partition coefficient (Wildman–Crippen LogP) is 4.42. The zero-order valence-corrected chi connectivity index (χ0v) is 12.3. The molecule has 0 atom stereocenters. The highest BCUT2D eigenvalue weighted by atomic mass is 35.5. The Morgan fingerprint density at radius 1 is 1.26 bits per heavy atom. The van der Waals surface area contributed by atoms with E-state index in [2.05, 4.69) is 4.74 Å². The fourth-order valence-electron chi connectivity index (χ4n) is 1.47. The van der Waals surface area contributed by atoms with E-state index in [1.807, 2.05) is 0 Å². The molecule has 19 heavy (non-hydrogen) atoms. The van der Waals surface area contributed by atoms with Crippen LogP contribution in [0.1, 0.15) is 15.2 Å². The molecule has 0 saturated carbocycles. The highest BCUT2D eigenvalue weighted by Gasteiger charge is 2.15. The highest BCUT2D eigenvalue weighted by molar-refractivity contribution is 7.12. The lowest BCUT2D eigenvalue weighted by Crippen LogP contribution is -2.03. The average molecular weight is 317 g/mol. The summed E-state index contributed by atoms with van der Waals surface area (Å²) in [5, 5.41) is 2.82. The van der Waals surface area contributed by atoms with Gasteiger partial charge in [0.15, 0.2) is 4.88 Å². The predicted molar refractivity (Wildman–Crippen MR) is 76.5 cm³/mol. The first-order valence-electron chi connectivity index (χ1n) is 5.35. The largest absolute Gasteiger partial charge is 0.487 e. The molecule has 3 nitrogen and oxygen atoms in total. The number of ether oxygens (including phenoxy) is 2. The van der Waals surface area contributed by atoms with E-state index in [0.717, 1.165) is 0 Å². The second-order valence-electron chi connectivity index (χ2n) is 3.59. The van der Waals surface area contributed by atoms with Gasteiger partial charge in [0.1, 0.15) is 12.4 Å². The molecular weight excluding hydrogens is 307 g/mol. The molecule has 1 aromatic carbocycles. The number of hydrogen-bond donors (Lipinski definition) is 0. The Hall–Kier alpha value is -1.23. The van der Waals surface area contributed by atoms with Gasteiger partial charge in [-0.15, -0.1) is 11.3 Å². The van der Waals surface area contributed by atoms with E-state index in [4.69, 9.17) is 27.9 Å². The number of carbonyl (C=O) groups excluding carboxylic acids is 1. The molecular formula is C13H10Cl2O3S. The SMILES string of the molecule is COC(=O)c1sccc1OCc1c(Cl)cccc1Cl. The zero-order valence-electron chi connectivity index (χ0n) is 9.98. The molecule has 100 valence electrons. The second-order valence-corrected chi connectivity index (χ2v) is 5.32. The van der Waals surface area contributed by atoms with E-state index < -0.39 is 5.97 Å². The molecule has 0 bridgehead atoms. The lowest BCUT2D eigenvalue weighted by molar-refractivity contribution is 0.0601. The van der Waals surface area contributed by atoms with Crippen molar-refractivity contribution in [2.45, 2.75) is 6.61 Å². The summed E-state index contributed by atoms with van der Waals surface area (Å²) in [7, 11) is 1.33. The van der Waals surface area contributed by atoms with Crippen LogP contribution in [0.25, 0.3) is 0 Å². The monoisotopic (exact) mass is 316 g/mol. The fraction of sp³-hybridized carbons (Fsp3) is 0.154. The van der Waals surface area contributed by atoms with Gasteiger partial charge in [0.05, 0.1) is 7.11 Å². The molecule has 0 fully saturated rings. The summed E-state index contributed by atoms with van der Waals surface area (Å²) in [6.07, 6.45) is 0. The lowest BCUT2D eigenvalue weighted by Gasteiger charge is -2.09. The van der Waals surface area contributed by atoms with Gasteiger partial charge in [0.25, 0.3) is 0 Å². The Balaban J connectivity index is 2.15. The van der Waals surface area contributed by atoms with Crippen LogP contribution in [0.3, 0.4) is 0 Å². The molecule has 0 N–H and O–H groups in total. The van der Waals surface area contributed by atoms with Crippen molar-refractivity contribution in [2.24, 2.45) is 0 Å². The first-order chi connectivity index (χ1) is 9.13. The molecule has 0 aliphatic carbocycles. The van der Waals surface area contributed by atoms with Crippen molar-refractivity contribution in [1.82, 2.24) is 0 Å². The minimum Gasteiger partial charge on any atom is -0.487 e. The van der Waals surface area contributed by atoms with Crippen LogP contribution >= 0.6 is 34.5 Å². The second kappa shape index (κ2) is 6.28. The molecule has 0 amide bonds. The van der Waals surface area contributed by atoms with Crippen LogP contribution in [0.4, 0.5) is 0 Å². The average Bonchev–Trinajstić information content (AvgIpc) is 2.85. The van der Waals surface area contributed by atoms with E-state index >= 15 is 0 Å². The molecule has 0 spiro atoms. The highest BCUT2D eigenvalue weighted by Crippen LogP contribution is 2.29. The Morgan fingerprint density at radius 2 is 1.95 bits per heavy atom. The smallest absolute Gasteiger partial charge is 0.351 e. The van der Waals surface area contributed by atoms with E-state index in [1.165, 1.54) is 18.4 Å². The van der Waals surface area contributed by atoms with Crippen molar-refractivity contribution in [2.75, 3.05) is 7.11 Å². The molecule has 2 aromatic rings. The summed E-state index contributed by atoms with van der Waals surface area (Å²) in [6, 6.07) is 6.95. The minimum atomic E-state index is -0.421. The van der Waals surface area contributed by atoms with Crippen LogP contribution in [-0.4, -0.2) is 13.1 Å². The number of esters is 1. The van der Waals surface area contributed by atoms with Crippen molar-refractivity contribution in [3.05, 3.63) is 50.1 Å². The van der Waals surface area contributed by atoms with Crippen LogP contribution in [0.15, 0.2) is 29.6 Å². The zero-order chi connectivity index (χ0) is 13.8. The van der Waals surface area contributed by atoms with Crippen LogP contribution < -0.4 is 4.74 Å². The van der Waals surface area contributed by atoms with Crippen molar-refractivity contribution >= 4 is 40.5 Å². The van der Waals surface area contributed by atoms with Crippen molar-refractivity contribution < 1.29 is 14.3 Å². The standard InChI is InChI=1S/C13H10Cl2O3S/c1-17-13(16)12-11(5-6-19-12)18-7-8-9(14)3-2-4-10(8)15/h2-6H,7H2,1H3. The summed E-state index contributed by atoms with van der Waals surface area (Å²) >= 11 is 13.4. The minimum absolute atomic E-state index is 0.194. The van der Waals surface area contributed by atoms with E-state index in [1.54, 1.807) is 29.6 Å². The quantitative estimate of drug-likeness (QED) is 0.783. The summed E-state index contributed by atoms with van der Waals surface area (Å²) in [5.41, 5.74) is 0.688. The molecule has 0 aliphatic heterocycles. The third-order valence-corrected chi connectivity index (χ3v) is 4.02. The molecule has 0 radical (unpaired) electrons. The third-order valence-electron chi connectivity index (χ3n) is 2.43. The lowest BCUT2D eigenvalue weighted by atomic mass is 10.2. The normalized spacial score (nSPS) is 10.3. The molecule has 2 rings (SSSR count). The molecule has 1 heterocycles. The van der Waals surface area contributed by atoms with Gasteiger partial charge < -0.3 is 9.47 Å². The van der Waals surface area contributed by atoms with Gasteiger partial charge in [-0.2, -0.15) is 0 Å². The Labute approximate surface area is 124 Å². The molecule has 0 unspecified atom stereocenters. The van der Waals surface area contributed by atoms with Crippen molar-refractivity contribution in [3.63, 3.8) is 0 Å². The Morgan fingerprint density at radius 3 is 2.58 bits per heavy atom. The number of carbonyl (C=O) groups is 1. The number of rotatable bonds is 4. The number of thiophene rings is 1. The van der Waals surface area contributed by atoms with Gasteiger partial charge in [-0.05, 0) is 23.6 Å². The van der Waals surface area contributed by atoms with Crippen LogP contribution in [0, 0.1) is 0 Å². The van der Waals surface area contributed by atoms with Gasteiger partial charge in [0.2, 0.25) is 0 Å². The molecule has 1 aromatic heterocycles. The molecule has 0 saturated heterocycles. The Bertz CT molecular complexity index is 575.